The van der Waals surface area contributed by atoms with E-state index >= 15 is 0 Å². The zero-order valence-electron chi connectivity index (χ0n) is 27.0. The Morgan fingerprint density at radius 3 is 1.78 bits per heavy atom. The topological polar surface area (TPSA) is 156 Å². The summed E-state index contributed by atoms with van der Waals surface area (Å²) in [5.41, 5.74) is 2.97. The second kappa shape index (κ2) is 26.8. The van der Waals surface area contributed by atoms with Crippen LogP contribution in [0.5, 0.6) is 0 Å². The fourth-order valence-electron chi connectivity index (χ4n) is 3.94. The van der Waals surface area contributed by atoms with Crippen LogP contribution in [0.25, 0.3) is 11.4 Å². The van der Waals surface area contributed by atoms with Crippen molar-refractivity contribution in [1.82, 2.24) is 20.6 Å². The number of aryl methyl sites for hydroxylation is 1. The molecule has 2 amide bonds. The lowest BCUT2D eigenvalue weighted by Gasteiger charge is -2.09. The minimum Gasteiger partial charge on any atom is -0.379 e. The van der Waals surface area contributed by atoms with Crippen LogP contribution in [-0.4, -0.2) is 120 Å². The lowest BCUT2D eigenvalue weighted by molar-refractivity contribution is -0.122. The van der Waals surface area contributed by atoms with E-state index < -0.39 is 0 Å². The second-order valence-corrected chi connectivity index (χ2v) is 10.2. The molecule has 0 bridgehead atoms. The van der Waals surface area contributed by atoms with Gasteiger partial charge in [-0.05, 0) is 49.6 Å². The first kappa shape index (κ1) is 38.9. The highest BCUT2D eigenvalue weighted by atomic mass is 16.6. The van der Waals surface area contributed by atoms with Gasteiger partial charge in [-0.1, -0.05) is 6.42 Å². The number of nitrogens with zero attached hydrogens (tertiary/aromatic N) is 2. The van der Waals surface area contributed by atoms with E-state index in [0.717, 1.165) is 36.8 Å². The molecule has 0 aromatic carbocycles. The average molecular weight is 647 g/mol. The van der Waals surface area contributed by atoms with Crippen LogP contribution in [-0.2, 0) is 38.0 Å². The predicted molar refractivity (Wildman–Crippen MR) is 172 cm³/mol. The molecule has 13 nitrogen and oxygen atoms in total. The zero-order valence-corrected chi connectivity index (χ0v) is 27.0. The van der Waals surface area contributed by atoms with Crippen LogP contribution in [0.3, 0.4) is 0 Å². The first-order chi connectivity index (χ1) is 22.6. The van der Waals surface area contributed by atoms with Crippen LogP contribution in [0, 0.1) is 6.92 Å². The Morgan fingerprint density at radius 1 is 0.652 bits per heavy atom. The number of unbranched alkanes of at least 4 members (excludes halogenated alkanes) is 3. The van der Waals surface area contributed by atoms with Gasteiger partial charge in [-0.3, -0.25) is 19.6 Å². The van der Waals surface area contributed by atoms with Crippen molar-refractivity contribution >= 4 is 18.1 Å². The summed E-state index contributed by atoms with van der Waals surface area (Å²) in [6.45, 7) is 8.19. The molecule has 2 rings (SSSR count). The van der Waals surface area contributed by atoms with Gasteiger partial charge in [-0.25, -0.2) is 0 Å². The van der Waals surface area contributed by atoms with E-state index in [-0.39, 0.29) is 11.8 Å². The molecule has 0 spiro atoms. The monoisotopic (exact) mass is 646 g/mol. The number of nitrogens with one attached hydrogen (secondary N) is 2. The number of aldehydes is 1. The summed E-state index contributed by atoms with van der Waals surface area (Å²) >= 11 is 0. The van der Waals surface area contributed by atoms with Crippen LogP contribution in [0.15, 0.2) is 36.7 Å². The number of carbonyl (C=O) groups is 3. The lowest BCUT2D eigenvalue weighted by Crippen LogP contribution is -2.27. The van der Waals surface area contributed by atoms with Gasteiger partial charge in [0.2, 0.25) is 5.91 Å². The summed E-state index contributed by atoms with van der Waals surface area (Å²) in [7, 11) is 0. The number of pyridine rings is 2. The largest absolute Gasteiger partial charge is 0.379 e. The zero-order chi connectivity index (χ0) is 32.9. The van der Waals surface area contributed by atoms with Gasteiger partial charge in [0, 0.05) is 43.9 Å². The van der Waals surface area contributed by atoms with Gasteiger partial charge in [0.1, 0.15) is 6.29 Å². The van der Waals surface area contributed by atoms with Gasteiger partial charge in [-0.15, -0.1) is 0 Å². The molecule has 0 unspecified atom stereocenters. The normalized spacial score (nSPS) is 11.0. The van der Waals surface area contributed by atoms with Crippen LogP contribution in [0.1, 0.15) is 48.0 Å². The SMILES string of the molecule is Cc1ccnc(-c2cc(C(=O)NCCOCCOCCOCCOCCOCCOCCC(=O)NCCCCCC=O)ccn2)c1. The van der Waals surface area contributed by atoms with Crippen molar-refractivity contribution in [1.29, 1.82) is 0 Å². The Kier molecular flexibility index (Phi) is 22.7. The Balaban J connectivity index is 1.29. The maximum Gasteiger partial charge on any atom is 0.251 e. The van der Waals surface area contributed by atoms with Crippen molar-refractivity contribution in [2.24, 2.45) is 0 Å². The van der Waals surface area contributed by atoms with Gasteiger partial charge < -0.3 is 43.8 Å². The maximum atomic E-state index is 12.5. The summed E-state index contributed by atoms with van der Waals surface area (Å²) in [5.74, 6) is -0.225. The molecule has 13 heteroatoms. The Labute approximate surface area is 272 Å². The van der Waals surface area contributed by atoms with Gasteiger partial charge in [-0.2, -0.15) is 0 Å². The quantitative estimate of drug-likeness (QED) is 0.0989. The number of carbonyl (C=O) groups excluding carboxylic acids is 3. The van der Waals surface area contributed by atoms with Gasteiger partial charge in [0.25, 0.3) is 5.91 Å². The molecule has 0 aliphatic heterocycles. The number of hydrogen-bond acceptors (Lipinski definition) is 11. The number of ether oxygens (including phenoxy) is 6. The second-order valence-electron chi connectivity index (χ2n) is 10.2. The first-order valence-corrected chi connectivity index (χ1v) is 15.9. The molecule has 2 heterocycles. The van der Waals surface area contributed by atoms with Crippen molar-refractivity contribution < 1.29 is 42.8 Å². The summed E-state index contributed by atoms with van der Waals surface area (Å²) in [6, 6.07) is 7.24. The van der Waals surface area contributed by atoms with E-state index in [1.165, 1.54) is 0 Å². The smallest absolute Gasteiger partial charge is 0.251 e. The molecule has 46 heavy (non-hydrogen) atoms. The third kappa shape index (κ3) is 19.9. The van der Waals surface area contributed by atoms with Crippen molar-refractivity contribution in [2.75, 3.05) is 92.4 Å². The Bertz CT molecular complexity index is 1110. The van der Waals surface area contributed by atoms with Crippen molar-refractivity contribution in [2.45, 2.75) is 39.0 Å². The van der Waals surface area contributed by atoms with E-state index in [1.807, 2.05) is 19.1 Å². The van der Waals surface area contributed by atoms with Gasteiger partial charge >= 0.3 is 0 Å². The molecular formula is C33H50N4O9. The summed E-state index contributed by atoms with van der Waals surface area (Å²) in [4.78, 5) is 43.0. The highest BCUT2D eigenvalue weighted by Crippen LogP contribution is 2.16. The molecule has 0 aliphatic rings. The molecule has 0 saturated heterocycles. The number of amides is 2. The molecule has 2 N–H and O–H groups in total. The molecule has 0 aliphatic carbocycles. The van der Waals surface area contributed by atoms with E-state index in [0.29, 0.717) is 116 Å². The van der Waals surface area contributed by atoms with Gasteiger partial charge in [0.05, 0.1) is 90.7 Å². The molecule has 0 radical (unpaired) electrons. The fourth-order valence-corrected chi connectivity index (χ4v) is 3.94. The van der Waals surface area contributed by atoms with E-state index in [2.05, 4.69) is 20.6 Å². The average Bonchev–Trinajstić information content (AvgIpc) is 3.07. The van der Waals surface area contributed by atoms with Crippen molar-refractivity contribution in [3.05, 3.63) is 47.8 Å². The number of hydrogen-bond donors (Lipinski definition) is 2. The van der Waals surface area contributed by atoms with Crippen molar-refractivity contribution in [3.8, 4) is 11.4 Å². The fraction of sp³-hybridized carbons (Fsp3) is 0.606. The third-order valence-electron chi connectivity index (χ3n) is 6.39. The minimum atomic E-state index is -0.194. The van der Waals surface area contributed by atoms with E-state index in [1.54, 1.807) is 24.5 Å². The minimum absolute atomic E-state index is 0.0313. The van der Waals surface area contributed by atoms with E-state index in [9.17, 15) is 14.4 Å². The molecule has 0 fully saturated rings. The summed E-state index contributed by atoms with van der Waals surface area (Å²) < 4.78 is 32.8. The summed E-state index contributed by atoms with van der Waals surface area (Å²) in [6.07, 6.45) is 7.83. The molecule has 0 atom stereocenters. The highest BCUT2D eigenvalue weighted by Gasteiger charge is 2.09. The molecule has 0 saturated carbocycles. The lowest BCUT2D eigenvalue weighted by atomic mass is 10.1. The predicted octanol–water partition coefficient (Wildman–Crippen LogP) is 2.55. The maximum absolute atomic E-state index is 12.5. The number of rotatable bonds is 29. The standard InChI is InChI=1S/C33H50N4O9/c1-28-6-10-34-30(26-28)31-27-29(7-11-35-31)33(40)37-12-15-42-17-19-44-21-23-46-25-24-45-22-20-43-18-16-41-14-8-32(39)36-9-4-2-3-5-13-38/h6-7,10-11,13,26-27H,2-5,8-9,12,14-25H2,1H3,(H,36,39)(H,37,40). The van der Waals surface area contributed by atoms with E-state index in [4.69, 9.17) is 28.4 Å². The molecule has 256 valence electrons. The molecule has 2 aromatic heterocycles. The van der Waals surface area contributed by atoms with Crippen LogP contribution >= 0.6 is 0 Å². The van der Waals surface area contributed by atoms with Gasteiger partial charge in [0.15, 0.2) is 0 Å². The van der Waals surface area contributed by atoms with Crippen LogP contribution in [0.2, 0.25) is 0 Å². The third-order valence-corrected chi connectivity index (χ3v) is 6.39. The number of aromatic nitrogens is 2. The molecule has 2 aromatic rings. The molecular weight excluding hydrogens is 596 g/mol. The van der Waals surface area contributed by atoms with Crippen LogP contribution < -0.4 is 10.6 Å². The van der Waals surface area contributed by atoms with Crippen molar-refractivity contribution in [3.63, 3.8) is 0 Å². The highest BCUT2D eigenvalue weighted by molar-refractivity contribution is 5.94. The Morgan fingerprint density at radius 2 is 1.20 bits per heavy atom. The first-order valence-electron chi connectivity index (χ1n) is 15.9. The van der Waals surface area contributed by atoms with Crippen LogP contribution in [0.4, 0.5) is 0 Å². The Hall–Kier alpha value is -3.33. The summed E-state index contributed by atoms with van der Waals surface area (Å²) in [5, 5.41) is 5.68.